The van der Waals surface area contributed by atoms with E-state index in [1.807, 2.05) is 11.3 Å². The summed E-state index contributed by atoms with van der Waals surface area (Å²) in [5.41, 5.74) is 5.30. The second-order valence-corrected chi connectivity index (χ2v) is 6.89. The Labute approximate surface area is 134 Å². The van der Waals surface area contributed by atoms with Crippen molar-refractivity contribution < 1.29 is 4.57 Å². The van der Waals surface area contributed by atoms with Gasteiger partial charge >= 0.3 is 0 Å². The summed E-state index contributed by atoms with van der Waals surface area (Å²) in [5.74, 6) is 0. The van der Waals surface area contributed by atoms with Gasteiger partial charge in [-0.2, -0.15) is 4.57 Å². The lowest BCUT2D eigenvalue weighted by Gasteiger charge is -2.06. The molecule has 0 N–H and O–H groups in total. The van der Waals surface area contributed by atoms with Crippen LogP contribution in [0.4, 0.5) is 0 Å². The van der Waals surface area contributed by atoms with Gasteiger partial charge in [-0.15, -0.1) is 11.3 Å². The van der Waals surface area contributed by atoms with E-state index in [4.69, 9.17) is 0 Å². The highest BCUT2D eigenvalue weighted by atomic mass is 32.1. The van der Waals surface area contributed by atoms with Gasteiger partial charge in [0.05, 0.1) is 0 Å². The van der Waals surface area contributed by atoms with Crippen molar-refractivity contribution >= 4 is 32.3 Å². The second-order valence-electron chi connectivity index (χ2n) is 5.84. The Bertz CT molecular complexity index is 1010. The van der Waals surface area contributed by atoms with Crippen molar-refractivity contribution in [2.75, 3.05) is 0 Å². The predicted molar refractivity (Wildman–Crippen MR) is 95.4 cm³/mol. The molecule has 1 nitrogen and oxygen atoms in total. The standard InChI is InChI=1S/C20H18NS/c1-13-12-18(21(3)17-10-6-4-8-15(13)17)20-14(2)16-9-5-7-11-19(16)22-20/h4-12H,1-3H3/q+1. The number of fused-ring (bicyclic) bond motifs is 2. The van der Waals surface area contributed by atoms with Crippen LogP contribution in [-0.2, 0) is 7.05 Å². The minimum absolute atomic E-state index is 1.29. The predicted octanol–water partition coefficient (Wildman–Crippen LogP) is 5.16. The van der Waals surface area contributed by atoms with Gasteiger partial charge in [0.25, 0.3) is 0 Å². The zero-order chi connectivity index (χ0) is 15.3. The van der Waals surface area contributed by atoms with Gasteiger partial charge in [-0.1, -0.05) is 30.3 Å². The molecular formula is C20H18NS+. The smallest absolute Gasteiger partial charge is 0.193 e. The molecule has 0 amide bonds. The molecule has 22 heavy (non-hydrogen) atoms. The van der Waals surface area contributed by atoms with Crippen molar-refractivity contribution in [2.45, 2.75) is 13.8 Å². The van der Waals surface area contributed by atoms with E-state index in [0.29, 0.717) is 0 Å². The zero-order valence-electron chi connectivity index (χ0n) is 13.1. The Kier molecular flexibility index (Phi) is 3.02. The number of aryl methyl sites for hydroxylation is 3. The molecule has 4 aromatic rings. The summed E-state index contributed by atoms with van der Waals surface area (Å²) >= 11 is 1.89. The van der Waals surface area contributed by atoms with Gasteiger partial charge in [0.2, 0.25) is 11.2 Å². The molecule has 0 aliphatic rings. The quantitative estimate of drug-likeness (QED) is 0.427. The number of para-hydroxylation sites is 1. The van der Waals surface area contributed by atoms with Crippen molar-refractivity contribution in [3.63, 3.8) is 0 Å². The normalized spacial score (nSPS) is 11.4. The van der Waals surface area contributed by atoms with Crippen LogP contribution in [0, 0.1) is 13.8 Å². The maximum Gasteiger partial charge on any atom is 0.223 e. The third-order valence-electron chi connectivity index (χ3n) is 4.48. The van der Waals surface area contributed by atoms with Gasteiger partial charge in [-0.25, -0.2) is 0 Å². The van der Waals surface area contributed by atoms with Crippen LogP contribution < -0.4 is 4.57 Å². The van der Waals surface area contributed by atoms with Crippen LogP contribution >= 0.6 is 11.3 Å². The molecule has 2 heteroatoms. The first-order chi connectivity index (χ1) is 10.7. The lowest BCUT2D eigenvalue weighted by atomic mass is 10.1. The van der Waals surface area contributed by atoms with Crippen LogP contribution in [-0.4, -0.2) is 0 Å². The fourth-order valence-corrected chi connectivity index (χ4v) is 4.51. The maximum atomic E-state index is 2.32. The summed E-state index contributed by atoms with van der Waals surface area (Å²) in [6.45, 7) is 4.44. The largest absolute Gasteiger partial charge is 0.223 e. The van der Waals surface area contributed by atoms with E-state index in [1.54, 1.807) is 0 Å². The monoisotopic (exact) mass is 304 g/mol. The first-order valence-electron chi connectivity index (χ1n) is 7.53. The number of hydrogen-bond donors (Lipinski definition) is 0. The maximum absolute atomic E-state index is 2.32. The first-order valence-corrected chi connectivity index (χ1v) is 8.35. The third-order valence-corrected chi connectivity index (χ3v) is 5.78. The van der Waals surface area contributed by atoms with Crippen LogP contribution in [0.3, 0.4) is 0 Å². The minimum Gasteiger partial charge on any atom is -0.193 e. The molecule has 0 saturated heterocycles. The molecule has 2 aromatic heterocycles. The number of rotatable bonds is 1. The number of pyridine rings is 1. The summed E-state index contributed by atoms with van der Waals surface area (Å²) in [6.07, 6.45) is 0. The number of thiophene rings is 1. The van der Waals surface area contributed by atoms with E-state index >= 15 is 0 Å². The Morgan fingerprint density at radius 2 is 1.55 bits per heavy atom. The van der Waals surface area contributed by atoms with Crippen LogP contribution in [0.5, 0.6) is 0 Å². The molecule has 0 spiro atoms. The summed E-state index contributed by atoms with van der Waals surface area (Å²) in [4.78, 5) is 1.37. The fourth-order valence-electron chi connectivity index (χ4n) is 3.25. The molecule has 2 aromatic carbocycles. The van der Waals surface area contributed by atoms with Crippen LogP contribution in [0.1, 0.15) is 11.1 Å². The molecular weight excluding hydrogens is 286 g/mol. The Morgan fingerprint density at radius 1 is 0.864 bits per heavy atom. The van der Waals surface area contributed by atoms with E-state index in [-0.39, 0.29) is 0 Å². The van der Waals surface area contributed by atoms with E-state index in [0.717, 1.165) is 0 Å². The lowest BCUT2D eigenvalue weighted by Crippen LogP contribution is -2.32. The molecule has 0 aliphatic carbocycles. The van der Waals surface area contributed by atoms with Gasteiger partial charge in [0, 0.05) is 22.2 Å². The molecule has 0 unspecified atom stereocenters. The first kappa shape index (κ1) is 13.5. The average molecular weight is 304 g/mol. The van der Waals surface area contributed by atoms with Gasteiger partial charge in [0.1, 0.15) is 11.9 Å². The highest BCUT2D eigenvalue weighted by Gasteiger charge is 2.20. The molecule has 0 atom stereocenters. The van der Waals surface area contributed by atoms with Gasteiger partial charge in [-0.3, -0.25) is 0 Å². The highest BCUT2D eigenvalue weighted by molar-refractivity contribution is 7.22. The topological polar surface area (TPSA) is 3.88 Å². The summed E-state index contributed by atoms with van der Waals surface area (Å²) < 4.78 is 3.68. The molecule has 2 heterocycles. The molecule has 108 valence electrons. The van der Waals surface area contributed by atoms with Crippen molar-refractivity contribution in [1.82, 2.24) is 0 Å². The third kappa shape index (κ3) is 1.87. The zero-order valence-corrected chi connectivity index (χ0v) is 13.9. The fraction of sp³-hybridized carbons (Fsp3) is 0.150. The Morgan fingerprint density at radius 3 is 2.32 bits per heavy atom. The van der Waals surface area contributed by atoms with E-state index in [1.165, 1.54) is 42.7 Å². The second kappa shape index (κ2) is 4.92. The number of aromatic nitrogens is 1. The Hall–Kier alpha value is -2.19. The van der Waals surface area contributed by atoms with E-state index < -0.39 is 0 Å². The summed E-state index contributed by atoms with van der Waals surface area (Å²) in [6, 6.07) is 19.6. The molecule has 0 radical (unpaired) electrons. The number of hydrogen-bond acceptors (Lipinski definition) is 1. The van der Waals surface area contributed by atoms with E-state index in [9.17, 15) is 0 Å². The highest BCUT2D eigenvalue weighted by Crippen LogP contribution is 2.37. The lowest BCUT2D eigenvalue weighted by molar-refractivity contribution is -0.633. The SMILES string of the molecule is Cc1c(-c2cc(C)c3ccccc3[n+]2C)sc2ccccc12. The summed E-state index contributed by atoms with van der Waals surface area (Å²) in [5, 5.41) is 2.70. The minimum atomic E-state index is 1.29. The molecule has 0 bridgehead atoms. The molecule has 0 fully saturated rings. The summed E-state index contributed by atoms with van der Waals surface area (Å²) in [7, 11) is 2.17. The average Bonchev–Trinajstić information content (AvgIpc) is 2.88. The van der Waals surface area contributed by atoms with Crippen molar-refractivity contribution in [3.8, 4) is 10.6 Å². The van der Waals surface area contributed by atoms with Crippen molar-refractivity contribution in [2.24, 2.45) is 7.05 Å². The van der Waals surface area contributed by atoms with Gasteiger partial charge in [0.15, 0.2) is 0 Å². The number of nitrogens with zero attached hydrogens (tertiary/aromatic N) is 1. The Balaban J connectivity index is 2.08. The van der Waals surface area contributed by atoms with Gasteiger partial charge in [-0.05, 0) is 42.5 Å². The molecule has 0 saturated carbocycles. The van der Waals surface area contributed by atoms with E-state index in [2.05, 4.69) is 80.1 Å². The van der Waals surface area contributed by atoms with Crippen LogP contribution in [0.25, 0.3) is 31.6 Å². The molecule has 0 aliphatic heterocycles. The van der Waals surface area contributed by atoms with Gasteiger partial charge < -0.3 is 0 Å². The van der Waals surface area contributed by atoms with Crippen molar-refractivity contribution in [3.05, 3.63) is 65.7 Å². The number of benzene rings is 2. The molecule has 4 rings (SSSR count). The van der Waals surface area contributed by atoms with Crippen molar-refractivity contribution in [1.29, 1.82) is 0 Å². The van der Waals surface area contributed by atoms with Crippen LogP contribution in [0.15, 0.2) is 54.6 Å². The van der Waals surface area contributed by atoms with Crippen LogP contribution in [0.2, 0.25) is 0 Å².